The summed E-state index contributed by atoms with van der Waals surface area (Å²) in [6, 6.07) is 28.8. The molecule has 3 aliphatic carbocycles. The topological polar surface area (TPSA) is 118 Å². The molecule has 9 nitrogen and oxygen atoms in total. The molecule has 4 aromatic carbocycles. The van der Waals surface area contributed by atoms with Gasteiger partial charge in [-0.3, -0.25) is 29.3 Å². The molecule has 2 atom stereocenters. The van der Waals surface area contributed by atoms with Crippen LogP contribution in [0.3, 0.4) is 0 Å². The number of benzene rings is 4. The van der Waals surface area contributed by atoms with Gasteiger partial charge in [0.2, 0.25) is 0 Å². The number of nitro benzene ring substituents is 1. The fourth-order valence-corrected chi connectivity index (χ4v) is 6.89. The van der Waals surface area contributed by atoms with Gasteiger partial charge in [-0.1, -0.05) is 84.9 Å². The van der Waals surface area contributed by atoms with Crippen LogP contribution in [0.2, 0.25) is 0 Å². The number of hydrogen-bond acceptors (Lipinski definition) is 6. The van der Waals surface area contributed by atoms with Crippen molar-refractivity contribution in [3.63, 3.8) is 0 Å². The van der Waals surface area contributed by atoms with Gasteiger partial charge >= 0.3 is 0 Å². The third-order valence-electron chi connectivity index (χ3n) is 8.59. The predicted molar refractivity (Wildman–Crippen MR) is 150 cm³/mol. The molecule has 1 aliphatic heterocycles. The van der Waals surface area contributed by atoms with Gasteiger partial charge < -0.3 is 0 Å². The number of imide groups is 1. The van der Waals surface area contributed by atoms with Gasteiger partial charge in [-0.2, -0.15) is 5.01 Å². The highest BCUT2D eigenvalue weighted by atomic mass is 16.6. The van der Waals surface area contributed by atoms with Crippen molar-refractivity contribution in [3.05, 3.63) is 147 Å². The Hall–Kier alpha value is -5.44. The highest BCUT2D eigenvalue weighted by molar-refractivity contribution is 6.11. The molecule has 0 saturated carbocycles. The van der Waals surface area contributed by atoms with Crippen molar-refractivity contribution in [1.29, 1.82) is 0 Å². The van der Waals surface area contributed by atoms with E-state index in [1.54, 1.807) is 30.3 Å². The average molecular weight is 558 g/mol. The van der Waals surface area contributed by atoms with Crippen molar-refractivity contribution < 1.29 is 24.1 Å². The summed E-state index contributed by atoms with van der Waals surface area (Å²) >= 11 is 0. The van der Waals surface area contributed by atoms with E-state index >= 15 is 0 Å². The second-order valence-electron chi connectivity index (χ2n) is 10.7. The fourth-order valence-electron chi connectivity index (χ4n) is 6.89. The Morgan fingerprint density at radius 1 is 0.690 bits per heavy atom. The standard InChI is InChI=1S/C33H23N3O6/c37-26(19-9-2-1-3-10-19)18-34(31(38)20-11-8-12-21(17-20)36(41)42)35-32(39)29-27-22-13-4-5-14-23(22)28(30(29)33(35)40)25-16-7-6-15-24(25)27/h1-17,27-30H,18H2/t27?,28?,29-,30+. The van der Waals surface area contributed by atoms with Gasteiger partial charge in [0.1, 0.15) is 6.54 Å². The van der Waals surface area contributed by atoms with Crippen molar-refractivity contribution in [1.82, 2.24) is 10.0 Å². The molecule has 3 amide bonds. The summed E-state index contributed by atoms with van der Waals surface area (Å²) in [5.41, 5.74) is 3.75. The van der Waals surface area contributed by atoms with Gasteiger partial charge in [0.25, 0.3) is 23.4 Å². The summed E-state index contributed by atoms with van der Waals surface area (Å²) < 4.78 is 0. The number of amides is 3. The number of carbonyl (C=O) groups is 4. The van der Waals surface area contributed by atoms with Crippen LogP contribution in [-0.4, -0.2) is 45.0 Å². The lowest BCUT2D eigenvalue weighted by Gasteiger charge is -2.45. The summed E-state index contributed by atoms with van der Waals surface area (Å²) in [4.78, 5) is 66.8. The summed E-state index contributed by atoms with van der Waals surface area (Å²) in [7, 11) is 0. The Bertz CT molecular complexity index is 1700. The number of ketones is 1. The van der Waals surface area contributed by atoms with Crippen LogP contribution < -0.4 is 0 Å². The van der Waals surface area contributed by atoms with Gasteiger partial charge in [0.05, 0.1) is 16.8 Å². The fraction of sp³-hybridized carbons (Fsp3) is 0.152. The van der Waals surface area contributed by atoms with Crippen molar-refractivity contribution in [2.45, 2.75) is 11.8 Å². The van der Waals surface area contributed by atoms with E-state index in [2.05, 4.69) is 0 Å². The van der Waals surface area contributed by atoms with Crippen molar-refractivity contribution in [2.24, 2.45) is 11.8 Å². The van der Waals surface area contributed by atoms with Gasteiger partial charge in [0.15, 0.2) is 5.78 Å². The second kappa shape index (κ2) is 9.59. The van der Waals surface area contributed by atoms with E-state index in [0.717, 1.165) is 38.3 Å². The number of nitrogens with zero attached hydrogens (tertiary/aromatic N) is 3. The molecule has 0 aromatic heterocycles. The SMILES string of the molecule is O=C(CN(C(=O)c1cccc([N+](=O)[O-])c1)N1C(=O)[C@@H]2C3c4ccccc4C(c4ccccc43)[C@@H]2C1=O)c1ccccc1. The molecule has 4 aromatic rings. The van der Waals surface area contributed by atoms with Crippen molar-refractivity contribution in [3.8, 4) is 0 Å². The summed E-state index contributed by atoms with van der Waals surface area (Å²) in [5, 5.41) is 13.1. The van der Waals surface area contributed by atoms with E-state index in [4.69, 9.17) is 0 Å². The molecule has 0 N–H and O–H groups in total. The van der Waals surface area contributed by atoms with E-state index < -0.39 is 58.6 Å². The van der Waals surface area contributed by atoms with Crippen LogP contribution in [0, 0.1) is 22.0 Å². The minimum Gasteiger partial charge on any atom is -0.292 e. The summed E-state index contributed by atoms with van der Waals surface area (Å²) in [5.74, 6) is -4.79. The maximum atomic E-state index is 14.3. The van der Waals surface area contributed by atoms with E-state index in [1.165, 1.54) is 18.2 Å². The zero-order valence-electron chi connectivity index (χ0n) is 22.1. The van der Waals surface area contributed by atoms with Crippen LogP contribution in [-0.2, 0) is 9.59 Å². The molecule has 206 valence electrons. The molecular formula is C33H23N3O6. The molecule has 1 heterocycles. The molecule has 0 radical (unpaired) electrons. The number of rotatable bonds is 6. The summed E-state index contributed by atoms with van der Waals surface area (Å²) in [6.45, 7) is -0.600. The largest absolute Gasteiger partial charge is 0.292 e. The normalized spacial score (nSPS) is 21.4. The van der Waals surface area contributed by atoms with Gasteiger partial charge in [-0.15, -0.1) is 0 Å². The number of carbonyl (C=O) groups excluding carboxylic acids is 4. The number of non-ortho nitro benzene ring substituents is 1. The van der Waals surface area contributed by atoms with Crippen LogP contribution in [0.5, 0.6) is 0 Å². The van der Waals surface area contributed by atoms with Crippen LogP contribution in [0.15, 0.2) is 103 Å². The second-order valence-corrected chi connectivity index (χ2v) is 10.7. The molecule has 42 heavy (non-hydrogen) atoms. The molecule has 4 aliphatic rings. The number of hydrogen-bond donors (Lipinski definition) is 0. The number of hydrazine groups is 1. The minimum absolute atomic E-state index is 0.116. The maximum Gasteiger partial charge on any atom is 0.273 e. The first-order chi connectivity index (χ1) is 20.4. The van der Waals surface area contributed by atoms with Crippen LogP contribution >= 0.6 is 0 Å². The minimum atomic E-state index is -0.856. The van der Waals surface area contributed by atoms with Gasteiger partial charge in [0, 0.05) is 35.1 Å². The maximum absolute atomic E-state index is 14.3. The van der Waals surface area contributed by atoms with Crippen molar-refractivity contribution in [2.75, 3.05) is 6.54 Å². The lowest BCUT2D eigenvalue weighted by Crippen LogP contribution is -2.52. The van der Waals surface area contributed by atoms with Crippen LogP contribution in [0.25, 0.3) is 0 Å². The van der Waals surface area contributed by atoms with E-state index in [-0.39, 0.29) is 11.3 Å². The van der Waals surface area contributed by atoms with Gasteiger partial charge in [-0.25, -0.2) is 5.01 Å². The first-order valence-corrected chi connectivity index (χ1v) is 13.6. The summed E-state index contributed by atoms with van der Waals surface area (Å²) in [6.07, 6.45) is 0. The molecule has 1 fully saturated rings. The van der Waals surface area contributed by atoms with Crippen LogP contribution in [0.4, 0.5) is 5.69 Å². The Kier molecular flexibility index (Phi) is 5.83. The average Bonchev–Trinajstić information content (AvgIpc) is 3.29. The number of nitro groups is 1. The first-order valence-electron chi connectivity index (χ1n) is 13.6. The monoisotopic (exact) mass is 557 g/mol. The highest BCUT2D eigenvalue weighted by Crippen LogP contribution is 2.61. The zero-order chi connectivity index (χ0) is 29.1. The molecule has 8 rings (SSSR count). The van der Waals surface area contributed by atoms with E-state index in [0.29, 0.717) is 5.56 Å². The predicted octanol–water partition coefficient (Wildman–Crippen LogP) is 4.73. The Balaban J connectivity index is 1.34. The Labute approximate surface area is 240 Å². The molecule has 1 saturated heterocycles. The van der Waals surface area contributed by atoms with Crippen molar-refractivity contribution >= 4 is 29.2 Å². The lowest BCUT2D eigenvalue weighted by molar-refractivity contribution is -0.384. The molecule has 0 unspecified atom stereocenters. The third kappa shape index (κ3) is 3.70. The lowest BCUT2D eigenvalue weighted by atomic mass is 9.55. The van der Waals surface area contributed by atoms with E-state index in [1.807, 2.05) is 48.5 Å². The highest BCUT2D eigenvalue weighted by Gasteiger charge is 2.63. The molecule has 0 spiro atoms. The van der Waals surface area contributed by atoms with E-state index in [9.17, 15) is 29.3 Å². The third-order valence-corrected chi connectivity index (χ3v) is 8.59. The smallest absolute Gasteiger partial charge is 0.273 e. The Morgan fingerprint density at radius 3 is 1.67 bits per heavy atom. The van der Waals surface area contributed by atoms with Crippen LogP contribution in [0.1, 0.15) is 54.8 Å². The molecule has 9 heteroatoms. The molecule has 2 bridgehead atoms. The van der Waals surface area contributed by atoms with Gasteiger partial charge in [-0.05, 0) is 28.3 Å². The quantitative estimate of drug-likeness (QED) is 0.146. The Morgan fingerprint density at radius 2 is 1.17 bits per heavy atom. The first kappa shape index (κ1) is 25.5. The molecular weight excluding hydrogens is 534 g/mol. The number of Topliss-reactive ketones (excluding diaryl/α,β-unsaturated/α-hetero) is 1. The zero-order valence-corrected chi connectivity index (χ0v) is 22.1.